The molecule has 2 aromatic rings. The third-order valence-electron chi connectivity index (χ3n) is 2.87. The predicted molar refractivity (Wildman–Crippen MR) is 83.8 cm³/mol. The van der Waals surface area contributed by atoms with E-state index in [9.17, 15) is 0 Å². The number of benzene rings is 1. The van der Waals surface area contributed by atoms with Crippen LogP contribution in [0.3, 0.4) is 0 Å². The molecule has 1 aromatic carbocycles. The molecule has 5 heteroatoms. The van der Waals surface area contributed by atoms with Crippen molar-refractivity contribution in [3.63, 3.8) is 0 Å². The number of para-hydroxylation sites is 1. The number of nitrogens with zero attached hydrogens (tertiary/aromatic N) is 2. The van der Waals surface area contributed by atoms with Gasteiger partial charge >= 0.3 is 0 Å². The lowest BCUT2D eigenvalue weighted by atomic mass is 10.1. The largest absolute Gasteiger partial charge is 0.543 e. The second kappa shape index (κ2) is 6.98. The molecule has 104 valence electrons. The monoisotopic (exact) mass is 285 g/mol. The molecule has 2 rings (SSSR count). The van der Waals surface area contributed by atoms with Crippen LogP contribution in [-0.4, -0.2) is 19.0 Å². The van der Waals surface area contributed by atoms with Crippen LogP contribution < -0.4 is 10.2 Å². The molecule has 2 atom stereocenters. The van der Waals surface area contributed by atoms with Crippen molar-refractivity contribution < 1.29 is 4.43 Å². The second-order valence-electron chi connectivity index (χ2n) is 4.64. The van der Waals surface area contributed by atoms with Crippen molar-refractivity contribution in [3.05, 3.63) is 59.8 Å². The first-order valence-corrected chi connectivity index (χ1v) is 8.91. The van der Waals surface area contributed by atoms with Crippen LogP contribution in [0.15, 0.2) is 48.6 Å². The number of hydrogen-bond acceptors (Lipinski definition) is 4. The summed E-state index contributed by atoms with van der Waals surface area (Å²) in [4.78, 5) is 8.04. The van der Waals surface area contributed by atoms with Gasteiger partial charge in [-0.1, -0.05) is 23.9 Å². The molecule has 1 heterocycles. The van der Waals surface area contributed by atoms with Crippen LogP contribution in [0.1, 0.15) is 24.2 Å². The minimum atomic E-state index is -1.46. The molecule has 0 bridgehead atoms. The molecule has 0 spiro atoms. The van der Waals surface area contributed by atoms with Crippen LogP contribution in [0.25, 0.3) is 6.08 Å². The summed E-state index contributed by atoms with van der Waals surface area (Å²) in [6.07, 6.45) is 5.25. The van der Waals surface area contributed by atoms with E-state index in [1.165, 1.54) is 6.33 Å². The molecule has 2 unspecified atom stereocenters. The maximum absolute atomic E-state index is 6.06. The van der Waals surface area contributed by atoms with E-state index in [-0.39, 0.29) is 6.04 Å². The van der Waals surface area contributed by atoms with E-state index in [4.69, 9.17) is 10.2 Å². The number of hydrogen-bond donors (Lipinski definition) is 1. The van der Waals surface area contributed by atoms with Gasteiger partial charge in [0.05, 0.1) is 5.69 Å². The fraction of sp³-hybridized carbons (Fsp3) is 0.200. The van der Waals surface area contributed by atoms with E-state index in [1.54, 1.807) is 6.20 Å². The van der Waals surface area contributed by atoms with Gasteiger partial charge in [-0.05, 0) is 31.7 Å². The third-order valence-corrected chi connectivity index (χ3v) is 4.23. The fourth-order valence-corrected chi connectivity index (χ4v) is 3.00. The molecular weight excluding hydrogens is 266 g/mol. The van der Waals surface area contributed by atoms with Crippen LogP contribution in [-0.2, 0) is 0 Å². The molecule has 0 amide bonds. The Balaban J connectivity index is 2.05. The van der Waals surface area contributed by atoms with Gasteiger partial charge in [0, 0.05) is 17.8 Å². The molecule has 20 heavy (non-hydrogen) atoms. The number of nitrogens with two attached hydrogens (primary N) is 1. The zero-order valence-electron chi connectivity index (χ0n) is 11.7. The number of aromatic nitrogens is 2. The highest BCUT2D eigenvalue weighted by Gasteiger charge is 2.09. The highest BCUT2D eigenvalue weighted by Crippen LogP contribution is 2.23. The van der Waals surface area contributed by atoms with Gasteiger partial charge in [-0.25, -0.2) is 9.97 Å². The first kappa shape index (κ1) is 14.4. The van der Waals surface area contributed by atoms with Crippen molar-refractivity contribution in [2.45, 2.75) is 19.5 Å². The summed E-state index contributed by atoms with van der Waals surface area (Å²) in [7, 11) is -1.46. The minimum absolute atomic E-state index is 0.0294. The Labute approximate surface area is 121 Å². The topological polar surface area (TPSA) is 61.0 Å². The second-order valence-corrected chi connectivity index (χ2v) is 6.67. The maximum atomic E-state index is 6.06. The van der Waals surface area contributed by atoms with Gasteiger partial charge in [0.25, 0.3) is 9.04 Å². The minimum Gasteiger partial charge on any atom is -0.543 e. The molecule has 0 fully saturated rings. The first-order chi connectivity index (χ1) is 9.66. The standard InChI is InChI=1S/C15H19N3OSi/c1-12(16)14-5-3-4-6-15(14)19-20(2)10-8-13-7-9-17-11-18-13/h3-12,20H,16H2,1-2H3/b10-8+. The van der Waals surface area contributed by atoms with Gasteiger partial charge in [0.1, 0.15) is 12.1 Å². The Morgan fingerprint density at radius 1 is 1.30 bits per heavy atom. The smallest absolute Gasteiger partial charge is 0.257 e. The zero-order chi connectivity index (χ0) is 14.4. The van der Waals surface area contributed by atoms with Gasteiger partial charge in [-0.15, -0.1) is 0 Å². The van der Waals surface area contributed by atoms with Crippen molar-refractivity contribution in [2.75, 3.05) is 0 Å². The molecule has 2 N–H and O–H groups in total. The van der Waals surface area contributed by atoms with Crippen LogP contribution in [0.5, 0.6) is 5.75 Å². The Hall–Kier alpha value is -1.98. The molecular formula is C15H19N3OSi. The molecule has 0 aliphatic carbocycles. The normalized spacial score (nSPS) is 14.2. The summed E-state index contributed by atoms with van der Waals surface area (Å²) in [5.41, 5.74) is 9.99. The first-order valence-electron chi connectivity index (χ1n) is 6.62. The van der Waals surface area contributed by atoms with E-state index in [2.05, 4.69) is 22.2 Å². The van der Waals surface area contributed by atoms with E-state index in [1.807, 2.05) is 43.3 Å². The Kier molecular flexibility index (Phi) is 5.03. The Bertz CT molecular complexity index is 572. The fourth-order valence-electron chi connectivity index (χ4n) is 1.84. The van der Waals surface area contributed by atoms with Gasteiger partial charge < -0.3 is 10.2 Å². The summed E-state index contributed by atoms with van der Waals surface area (Å²) < 4.78 is 6.06. The maximum Gasteiger partial charge on any atom is 0.257 e. The molecule has 0 saturated heterocycles. The third kappa shape index (κ3) is 4.01. The van der Waals surface area contributed by atoms with Crippen molar-refractivity contribution in [1.29, 1.82) is 0 Å². The Morgan fingerprint density at radius 3 is 2.80 bits per heavy atom. The quantitative estimate of drug-likeness (QED) is 0.857. The van der Waals surface area contributed by atoms with Gasteiger partial charge in [-0.2, -0.15) is 0 Å². The number of rotatable bonds is 5. The van der Waals surface area contributed by atoms with Crippen LogP contribution in [0.4, 0.5) is 0 Å². The van der Waals surface area contributed by atoms with E-state index in [0.717, 1.165) is 17.0 Å². The zero-order valence-corrected chi connectivity index (χ0v) is 12.9. The molecule has 0 aliphatic rings. The predicted octanol–water partition coefficient (Wildman–Crippen LogP) is 2.48. The van der Waals surface area contributed by atoms with E-state index < -0.39 is 9.04 Å². The molecule has 1 aromatic heterocycles. The SMILES string of the molecule is CC(N)c1ccccc1O[SiH](C)/C=C/c1ccncn1. The lowest BCUT2D eigenvalue weighted by Gasteiger charge is -2.16. The lowest BCUT2D eigenvalue weighted by molar-refractivity contribution is 0.567. The molecule has 0 radical (unpaired) electrons. The highest BCUT2D eigenvalue weighted by atomic mass is 28.3. The Morgan fingerprint density at radius 2 is 2.10 bits per heavy atom. The summed E-state index contributed by atoms with van der Waals surface area (Å²) in [5.74, 6) is 0.883. The van der Waals surface area contributed by atoms with E-state index >= 15 is 0 Å². The average molecular weight is 285 g/mol. The van der Waals surface area contributed by atoms with Crippen LogP contribution in [0, 0.1) is 0 Å². The summed E-state index contributed by atoms with van der Waals surface area (Å²) >= 11 is 0. The average Bonchev–Trinajstić information content (AvgIpc) is 2.46. The van der Waals surface area contributed by atoms with Gasteiger partial charge in [-0.3, -0.25) is 0 Å². The van der Waals surface area contributed by atoms with Crippen LogP contribution in [0.2, 0.25) is 6.55 Å². The molecule has 4 nitrogen and oxygen atoms in total. The summed E-state index contributed by atoms with van der Waals surface area (Å²) in [6, 6.07) is 9.77. The lowest BCUT2D eigenvalue weighted by Crippen LogP contribution is -2.17. The van der Waals surface area contributed by atoms with Crippen LogP contribution >= 0.6 is 0 Å². The van der Waals surface area contributed by atoms with Crippen molar-refractivity contribution in [3.8, 4) is 5.75 Å². The van der Waals surface area contributed by atoms with Gasteiger partial charge in [0.15, 0.2) is 0 Å². The van der Waals surface area contributed by atoms with Crippen molar-refractivity contribution in [2.24, 2.45) is 5.73 Å². The van der Waals surface area contributed by atoms with Gasteiger partial charge in [0.2, 0.25) is 0 Å². The molecule has 0 saturated carbocycles. The van der Waals surface area contributed by atoms with E-state index in [0.29, 0.717) is 0 Å². The van der Waals surface area contributed by atoms with Crippen molar-refractivity contribution in [1.82, 2.24) is 9.97 Å². The summed E-state index contributed by atoms with van der Waals surface area (Å²) in [6.45, 7) is 4.08. The highest BCUT2D eigenvalue weighted by molar-refractivity contribution is 6.57. The molecule has 0 aliphatic heterocycles. The summed E-state index contributed by atoms with van der Waals surface area (Å²) in [5, 5.41) is 0. The van der Waals surface area contributed by atoms with Crippen molar-refractivity contribution >= 4 is 15.1 Å².